The van der Waals surface area contributed by atoms with Gasteiger partial charge in [-0.05, 0) is 107 Å². The lowest BCUT2D eigenvalue weighted by molar-refractivity contribution is 0.0426. The molecule has 3 aliphatic carbocycles. The van der Waals surface area contributed by atoms with Crippen LogP contribution >= 0.6 is 0 Å². The number of fused-ring (bicyclic) bond motifs is 8. The molecule has 9 aromatic rings. The molecule has 2 saturated carbocycles. The maximum absolute atomic E-state index is 5.21. The molecule has 2 aromatic heterocycles. The lowest BCUT2D eigenvalue weighted by atomic mass is 9.49. The Hall–Kier alpha value is -7.44. The van der Waals surface area contributed by atoms with E-state index in [9.17, 15) is 0 Å². The Morgan fingerprint density at radius 3 is 1.25 bits per heavy atom. The highest BCUT2D eigenvalue weighted by Gasteiger charge is 2.56. The standard InChI is InChI=1S/C59H48N6/c1-37-29-39-31-38(2)59(48(30-37)32-39)51-26-16-15-25-49(51)50-36-44(27-28-52(50)59)45-33-46(57-62-53(40-17-7-3-8-18-40)60-54(63-57)41-19-9-4-10-20-41)35-47(34-45)58-64-55(42-21-11-5-12-22-42)61-56(65-58)43-23-13-6-14-24-43/h3-28,33-39,48H,29-32H2,1-2H3. The molecule has 0 radical (unpaired) electrons. The minimum Gasteiger partial charge on any atom is -0.208 e. The second-order valence-electron chi connectivity index (χ2n) is 18.6. The van der Waals surface area contributed by atoms with Crippen LogP contribution in [0.25, 0.3) is 90.6 Å². The van der Waals surface area contributed by atoms with Crippen molar-refractivity contribution in [3.8, 4) is 90.6 Å². The number of hydrogen-bond acceptors (Lipinski definition) is 6. The van der Waals surface area contributed by atoms with Crippen molar-refractivity contribution in [2.24, 2.45) is 23.7 Å². The molecular weight excluding hydrogens is 793 g/mol. The van der Waals surface area contributed by atoms with Gasteiger partial charge in [0.05, 0.1) is 0 Å². The summed E-state index contributed by atoms with van der Waals surface area (Å²) in [5.41, 5.74) is 13.3. The number of benzene rings is 7. The van der Waals surface area contributed by atoms with Crippen molar-refractivity contribution in [2.45, 2.75) is 44.9 Å². The van der Waals surface area contributed by atoms with Crippen LogP contribution in [0.3, 0.4) is 0 Å². The van der Waals surface area contributed by atoms with Crippen LogP contribution in [0.2, 0.25) is 0 Å². The Kier molecular flexibility index (Phi) is 9.62. The molecule has 2 bridgehead atoms. The Morgan fingerprint density at radius 2 is 0.754 bits per heavy atom. The Labute approximate surface area is 380 Å². The zero-order chi connectivity index (χ0) is 43.5. The Morgan fingerprint density at radius 1 is 0.338 bits per heavy atom. The van der Waals surface area contributed by atoms with Crippen LogP contribution in [0, 0.1) is 23.7 Å². The SMILES string of the molecule is CC1CC2CC(C)C3(c4ccccc4-c4cc(-c5cc(-c6nc(-c7ccccc7)nc(-c7ccccc7)n6)cc(-c6nc(-c7ccccc7)nc(-c7ccccc7)n6)c5)ccc43)C(C1)C2. The van der Waals surface area contributed by atoms with E-state index in [1.165, 1.54) is 47.9 Å². The molecule has 0 amide bonds. The minimum absolute atomic E-state index is 0.0156. The summed E-state index contributed by atoms with van der Waals surface area (Å²) in [5, 5.41) is 0. The molecule has 0 aliphatic heterocycles. The molecule has 3 aliphatic rings. The maximum Gasteiger partial charge on any atom is 0.164 e. The van der Waals surface area contributed by atoms with Gasteiger partial charge in [-0.25, -0.2) is 29.9 Å². The monoisotopic (exact) mass is 840 g/mol. The summed E-state index contributed by atoms with van der Waals surface area (Å²) in [6.45, 7) is 5.02. The number of rotatable bonds is 7. The van der Waals surface area contributed by atoms with E-state index in [1.807, 2.05) is 121 Å². The molecule has 0 N–H and O–H groups in total. The van der Waals surface area contributed by atoms with Gasteiger partial charge in [0.1, 0.15) is 0 Å². The third kappa shape index (κ3) is 6.87. The van der Waals surface area contributed by atoms with Crippen molar-refractivity contribution in [3.05, 3.63) is 193 Å². The summed E-state index contributed by atoms with van der Waals surface area (Å²) in [7, 11) is 0. The fraction of sp³-hybridized carbons (Fsp3) is 0.186. The molecule has 5 atom stereocenters. The third-order valence-corrected chi connectivity index (χ3v) is 14.5. The Balaban J connectivity index is 1.08. The number of hydrogen-bond donors (Lipinski definition) is 0. The normalized spacial score (nSPS) is 20.6. The van der Waals surface area contributed by atoms with Crippen molar-refractivity contribution in [1.29, 1.82) is 0 Å². The quantitative estimate of drug-likeness (QED) is 0.159. The van der Waals surface area contributed by atoms with Crippen molar-refractivity contribution < 1.29 is 0 Å². The highest BCUT2D eigenvalue weighted by molar-refractivity contribution is 5.87. The van der Waals surface area contributed by atoms with E-state index in [0.717, 1.165) is 56.3 Å². The number of aromatic nitrogens is 6. The molecule has 6 heteroatoms. The summed E-state index contributed by atoms with van der Waals surface area (Å²) in [4.78, 5) is 30.9. The van der Waals surface area contributed by atoms with E-state index in [4.69, 9.17) is 29.9 Å². The summed E-state index contributed by atoms with van der Waals surface area (Å²) < 4.78 is 0. The van der Waals surface area contributed by atoms with Gasteiger partial charge in [0.2, 0.25) is 0 Å². The zero-order valence-electron chi connectivity index (χ0n) is 36.6. The molecule has 314 valence electrons. The van der Waals surface area contributed by atoms with Gasteiger partial charge < -0.3 is 0 Å². The summed E-state index contributed by atoms with van der Waals surface area (Å²) in [5.74, 6) is 6.35. The number of nitrogens with zero attached hydrogens (tertiary/aromatic N) is 6. The molecular formula is C59H48N6. The average molecular weight is 841 g/mol. The lowest BCUT2D eigenvalue weighted by Crippen LogP contribution is -2.49. The molecule has 0 saturated heterocycles. The molecule has 65 heavy (non-hydrogen) atoms. The molecule has 5 unspecified atom stereocenters. The largest absolute Gasteiger partial charge is 0.208 e. The topological polar surface area (TPSA) is 77.3 Å². The molecule has 7 aromatic carbocycles. The summed E-state index contributed by atoms with van der Waals surface area (Å²) >= 11 is 0. The lowest BCUT2D eigenvalue weighted by Gasteiger charge is -2.54. The first-order valence-corrected chi connectivity index (χ1v) is 23.1. The predicted octanol–water partition coefficient (Wildman–Crippen LogP) is 14.1. The molecule has 6 nitrogen and oxygen atoms in total. The predicted molar refractivity (Wildman–Crippen MR) is 261 cm³/mol. The first-order valence-electron chi connectivity index (χ1n) is 23.1. The highest BCUT2D eigenvalue weighted by atomic mass is 15.0. The van der Waals surface area contributed by atoms with E-state index in [1.54, 1.807) is 0 Å². The second-order valence-corrected chi connectivity index (χ2v) is 18.6. The minimum atomic E-state index is 0.0156. The van der Waals surface area contributed by atoms with Gasteiger partial charge in [0.15, 0.2) is 34.9 Å². The van der Waals surface area contributed by atoms with Crippen molar-refractivity contribution in [1.82, 2.24) is 29.9 Å². The molecule has 1 spiro atoms. The van der Waals surface area contributed by atoms with Gasteiger partial charge in [-0.1, -0.05) is 172 Å². The van der Waals surface area contributed by atoms with Gasteiger partial charge >= 0.3 is 0 Å². The smallest absolute Gasteiger partial charge is 0.164 e. The van der Waals surface area contributed by atoms with E-state index >= 15 is 0 Å². The molecule has 2 heterocycles. The van der Waals surface area contributed by atoms with Crippen LogP contribution in [0.15, 0.2) is 182 Å². The fourth-order valence-corrected chi connectivity index (χ4v) is 11.8. The van der Waals surface area contributed by atoms with E-state index in [-0.39, 0.29) is 5.41 Å². The van der Waals surface area contributed by atoms with Crippen LogP contribution in [-0.4, -0.2) is 29.9 Å². The maximum atomic E-state index is 5.21. The van der Waals surface area contributed by atoms with Crippen molar-refractivity contribution in [2.75, 3.05) is 0 Å². The summed E-state index contributed by atoms with van der Waals surface area (Å²) in [6, 6.07) is 63.8. The van der Waals surface area contributed by atoms with Crippen LogP contribution in [0.4, 0.5) is 0 Å². The zero-order valence-corrected chi connectivity index (χ0v) is 36.6. The van der Waals surface area contributed by atoms with E-state index < -0.39 is 0 Å². The first-order chi connectivity index (χ1) is 32.0. The van der Waals surface area contributed by atoms with Gasteiger partial charge in [0.25, 0.3) is 0 Å². The highest BCUT2D eigenvalue weighted by Crippen LogP contribution is 2.64. The fourth-order valence-electron chi connectivity index (χ4n) is 11.8. The van der Waals surface area contributed by atoms with Crippen molar-refractivity contribution >= 4 is 0 Å². The molecule has 2 fully saturated rings. The van der Waals surface area contributed by atoms with Gasteiger partial charge in [0, 0.05) is 38.8 Å². The first kappa shape index (κ1) is 39.2. The van der Waals surface area contributed by atoms with Gasteiger partial charge in [-0.15, -0.1) is 0 Å². The average Bonchev–Trinajstić information content (AvgIpc) is 3.67. The van der Waals surface area contributed by atoms with Crippen LogP contribution in [0.5, 0.6) is 0 Å². The van der Waals surface area contributed by atoms with Crippen LogP contribution < -0.4 is 0 Å². The molecule has 12 rings (SSSR count). The van der Waals surface area contributed by atoms with E-state index in [0.29, 0.717) is 46.8 Å². The van der Waals surface area contributed by atoms with E-state index in [2.05, 4.69) is 74.5 Å². The van der Waals surface area contributed by atoms with Crippen LogP contribution in [-0.2, 0) is 5.41 Å². The van der Waals surface area contributed by atoms with Gasteiger partial charge in [-0.2, -0.15) is 0 Å². The van der Waals surface area contributed by atoms with Crippen LogP contribution in [0.1, 0.15) is 50.7 Å². The van der Waals surface area contributed by atoms with Gasteiger partial charge in [-0.3, -0.25) is 0 Å². The van der Waals surface area contributed by atoms with Crippen molar-refractivity contribution in [3.63, 3.8) is 0 Å². The Bertz CT molecular complexity index is 2940. The second kappa shape index (κ2) is 16.0. The summed E-state index contributed by atoms with van der Waals surface area (Å²) in [6.07, 6.45) is 5.25. The third-order valence-electron chi connectivity index (χ3n) is 14.5.